The smallest absolute Gasteiger partial charge is 0.127 e. The molecule has 0 saturated carbocycles. The second kappa shape index (κ2) is 10.4. The molecule has 21 heavy (non-hydrogen) atoms. The van der Waals surface area contributed by atoms with Crippen molar-refractivity contribution in [2.75, 3.05) is 47.2 Å². The van der Waals surface area contributed by atoms with Crippen molar-refractivity contribution in [2.45, 2.75) is 19.9 Å². The average molecular weight is 297 g/mol. The molecule has 0 aromatic heterocycles. The van der Waals surface area contributed by atoms with E-state index in [-0.39, 0.29) is 6.04 Å². The van der Waals surface area contributed by atoms with Crippen molar-refractivity contribution in [1.82, 2.24) is 5.32 Å². The van der Waals surface area contributed by atoms with Gasteiger partial charge in [-0.3, -0.25) is 0 Å². The molecule has 0 fully saturated rings. The molecule has 1 atom stereocenters. The van der Waals surface area contributed by atoms with Crippen LogP contribution in [0.1, 0.15) is 25.5 Å². The first-order chi connectivity index (χ1) is 10.3. The van der Waals surface area contributed by atoms with E-state index in [4.69, 9.17) is 18.9 Å². The lowest BCUT2D eigenvalue weighted by Crippen LogP contribution is -2.26. The van der Waals surface area contributed by atoms with E-state index in [1.807, 2.05) is 25.1 Å². The van der Waals surface area contributed by atoms with Gasteiger partial charge in [0.1, 0.15) is 11.5 Å². The lowest BCUT2D eigenvalue weighted by atomic mass is 10.1. The molecule has 0 aliphatic heterocycles. The summed E-state index contributed by atoms with van der Waals surface area (Å²) in [6.45, 7) is 7.40. The van der Waals surface area contributed by atoms with Crippen molar-refractivity contribution in [3.63, 3.8) is 0 Å². The Morgan fingerprint density at radius 2 is 1.81 bits per heavy atom. The van der Waals surface area contributed by atoms with Gasteiger partial charge in [0.2, 0.25) is 0 Å². The van der Waals surface area contributed by atoms with Gasteiger partial charge in [-0.1, -0.05) is 6.92 Å². The minimum absolute atomic E-state index is 0.0810. The maximum absolute atomic E-state index is 5.69. The molecule has 0 amide bonds. The van der Waals surface area contributed by atoms with E-state index in [1.165, 1.54) is 0 Å². The number of rotatable bonds is 11. The molecule has 0 aliphatic carbocycles. The van der Waals surface area contributed by atoms with E-state index in [0.29, 0.717) is 26.4 Å². The number of nitrogens with one attached hydrogen (secondary N) is 1. The Kier molecular flexibility index (Phi) is 8.82. The Balaban J connectivity index is 2.70. The van der Waals surface area contributed by atoms with Crippen molar-refractivity contribution < 1.29 is 18.9 Å². The summed E-state index contributed by atoms with van der Waals surface area (Å²) in [7, 11) is 3.31. The zero-order valence-corrected chi connectivity index (χ0v) is 13.5. The van der Waals surface area contributed by atoms with Gasteiger partial charge in [0, 0.05) is 18.2 Å². The Labute approximate surface area is 127 Å². The quantitative estimate of drug-likeness (QED) is 0.636. The van der Waals surface area contributed by atoms with Gasteiger partial charge in [-0.15, -0.1) is 0 Å². The topological polar surface area (TPSA) is 49.0 Å². The van der Waals surface area contributed by atoms with E-state index < -0.39 is 0 Å². The molecule has 0 bridgehead atoms. The minimum atomic E-state index is 0.0810. The monoisotopic (exact) mass is 297 g/mol. The Morgan fingerprint density at radius 3 is 2.43 bits per heavy atom. The molecule has 0 saturated heterocycles. The predicted molar refractivity (Wildman–Crippen MR) is 83.3 cm³/mol. The first-order valence-electron chi connectivity index (χ1n) is 7.37. The summed E-state index contributed by atoms with van der Waals surface area (Å²) in [5, 5.41) is 3.42. The van der Waals surface area contributed by atoms with Crippen LogP contribution in [0.5, 0.6) is 11.5 Å². The Morgan fingerprint density at radius 1 is 1.05 bits per heavy atom. The highest BCUT2D eigenvalue weighted by atomic mass is 16.5. The SMILES string of the molecule is CCNC(COCCOCC)c1ccc(OC)cc1OC. The van der Waals surface area contributed by atoms with Gasteiger partial charge in [0.25, 0.3) is 0 Å². The first-order valence-corrected chi connectivity index (χ1v) is 7.37. The summed E-state index contributed by atoms with van der Waals surface area (Å²) in [6, 6.07) is 5.91. The normalized spacial score (nSPS) is 12.2. The largest absolute Gasteiger partial charge is 0.497 e. The molecule has 1 N–H and O–H groups in total. The van der Waals surface area contributed by atoms with Crippen LogP contribution < -0.4 is 14.8 Å². The van der Waals surface area contributed by atoms with Crippen LogP contribution in [-0.4, -0.2) is 47.2 Å². The van der Waals surface area contributed by atoms with Crippen LogP contribution in [0.3, 0.4) is 0 Å². The van der Waals surface area contributed by atoms with Gasteiger partial charge in [-0.2, -0.15) is 0 Å². The minimum Gasteiger partial charge on any atom is -0.497 e. The third-order valence-electron chi connectivity index (χ3n) is 3.13. The number of methoxy groups -OCH3 is 2. The Bertz CT molecular complexity index is 398. The summed E-state index contributed by atoms with van der Waals surface area (Å²) in [4.78, 5) is 0. The van der Waals surface area contributed by atoms with Crippen molar-refractivity contribution in [1.29, 1.82) is 0 Å². The lowest BCUT2D eigenvalue weighted by molar-refractivity contribution is 0.0432. The van der Waals surface area contributed by atoms with Crippen LogP contribution in [0.15, 0.2) is 18.2 Å². The van der Waals surface area contributed by atoms with Gasteiger partial charge < -0.3 is 24.3 Å². The number of likely N-dealkylation sites (N-methyl/N-ethyl adjacent to an activating group) is 1. The summed E-state index contributed by atoms with van der Waals surface area (Å²) in [5.74, 6) is 1.58. The molecule has 120 valence electrons. The molecule has 0 spiro atoms. The zero-order chi connectivity index (χ0) is 15.5. The molecule has 1 unspecified atom stereocenters. The van der Waals surface area contributed by atoms with Crippen LogP contribution in [-0.2, 0) is 9.47 Å². The third-order valence-corrected chi connectivity index (χ3v) is 3.13. The van der Waals surface area contributed by atoms with Crippen LogP contribution in [0.2, 0.25) is 0 Å². The van der Waals surface area contributed by atoms with E-state index in [2.05, 4.69) is 12.2 Å². The molecule has 0 aliphatic rings. The number of hydrogen-bond acceptors (Lipinski definition) is 5. The summed E-state index contributed by atoms with van der Waals surface area (Å²) in [6.07, 6.45) is 0. The van der Waals surface area contributed by atoms with E-state index in [9.17, 15) is 0 Å². The highest BCUT2D eigenvalue weighted by molar-refractivity contribution is 5.42. The molecule has 0 radical (unpaired) electrons. The van der Waals surface area contributed by atoms with Crippen LogP contribution in [0.4, 0.5) is 0 Å². The van der Waals surface area contributed by atoms with Gasteiger partial charge in [0.05, 0.1) is 40.1 Å². The fraction of sp³-hybridized carbons (Fsp3) is 0.625. The van der Waals surface area contributed by atoms with Crippen LogP contribution in [0, 0.1) is 0 Å². The van der Waals surface area contributed by atoms with Crippen molar-refractivity contribution in [3.05, 3.63) is 23.8 Å². The molecular weight excluding hydrogens is 270 g/mol. The van der Waals surface area contributed by atoms with Gasteiger partial charge in [0.15, 0.2) is 0 Å². The maximum Gasteiger partial charge on any atom is 0.127 e. The fourth-order valence-corrected chi connectivity index (χ4v) is 2.07. The second-order valence-corrected chi connectivity index (χ2v) is 4.49. The van der Waals surface area contributed by atoms with E-state index >= 15 is 0 Å². The average Bonchev–Trinajstić information content (AvgIpc) is 2.53. The van der Waals surface area contributed by atoms with Gasteiger partial charge in [-0.05, 0) is 25.6 Å². The molecule has 1 aromatic rings. The summed E-state index contributed by atoms with van der Waals surface area (Å²) < 4.78 is 21.6. The third kappa shape index (κ3) is 5.91. The molecule has 1 rings (SSSR count). The molecule has 5 heteroatoms. The summed E-state index contributed by atoms with van der Waals surface area (Å²) in [5.41, 5.74) is 1.07. The van der Waals surface area contributed by atoms with E-state index in [1.54, 1.807) is 14.2 Å². The lowest BCUT2D eigenvalue weighted by Gasteiger charge is -2.21. The predicted octanol–water partition coefficient (Wildman–Crippen LogP) is 2.41. The highest BCUT2D eigenvalue weighted by Gasteiger charge is 2.16. The van der Waals surface area contributed by atoms with Crippen molar-refractivity contribution in [3.8, 4) is 11.5 Å². The summed E-state index contributed by atoms with van der Waals surface area (Å²) >= 11 is 0. The maximum atomic E-state index is 5.69. The Hall–Kier alpha value is -1.30. The van der Waals surface area contributed by atoms with Crippen LogP contribution >= 0.6 is 0 Å². The molecule has 1 aromatic carbocycles. The second-order valence-electron chi connectivity index (χ2n) is 4.49. The van der Waals surface area contributed by atoms with Crippen molar-refractivity contribution in [2.24, 2.45) is 0 Å². The van der Waals surface area contributed by atoms with Crippen molar-refractivity contribution >= 4 is 0 Å². The number of benzene rings is 1. The molecule has 5 nitrogen and oxygen atoms in total. The number of ether oxygens (including phenoxy) is 4. The number of hydrogen-bond donors (Lipinski definition) is 1. The first kappa shape index (κ1) is 17.8. The molecule has 0 heterocycles. The molecular formula is C16H27NO4. The standard InChI is InChI=1S/C16H27NO4/c1-5-17-15(12-21-10-9-20-6-2)14-8-7-13(18-3)11-16(14)19-4/h7-8,11,15,17H,5-6,9-10,12H2,1-4H3. The van der Waals surface area contributed by atoms with Crippen LogP contribution in [0.25, 0.3) is 0 Å². The van der Waals surface area contributed by atoms with E-state index in [0.717, 1.165) is 23.6 Å². The zero-order valence-electron chi connectivity index (χ0n) is 13.5. The highest BCUT2D eigenvalue weighted by Crippen LogP contribution is 2.29. The van der Waals surface area contributed by atoms with Gasteiger partial charge >= 0.3 is 0 Å². The fourth-order valence-electron chi connectivity index (χ4n) is 2.07. The van der Waals surface area contributed by atoms with Gasteiger partial charge in [-0.25, -0.2) is 0 Å².